The molecule has 0 unspecified atom stereocenters. The molecule has 0 aromatic rings. The van der Waals surface area contributed by atoms with E-state index in [1.54, 1.807) is 0 Å². The van der Waals surface area contributed by atoms with Crippen molar-refractivity contribution in [2.24, 2.45) is 11.3 Å². The monoisotopic (exact) mass is 172 g/mol. The molecule has 0 amide bonds. The van der Waals surface area contributed by atoms with Gasteiger partial charge in [0.1, 0.15) is 0 Å². The highest BCUT2D eigenvalue weighted by Gasteiger charge is 2.48. The predicted molar refractivity (Wildman–Crippen MR) is 48.8 cm³/mol. The zero-order valence-corrected chi connectivity index (χ0v) is 8.46. The van der Waals surface area contributed by atoms with E-state index in [1.807, 2.05) is 27.7 Å². The highest BCUT2D eigenvalue weighted by atomic mass is 16.3. The van der Waals surface area contributed by atoms with Crippen LogP contribution in [-0.4, -0.2) is 21.9 Å². The van der Waals surface area contributed by atoms with E-state index in [2.05, 4.69) is 0 Å². The van der Waals surface area contributed by atoms with E-state index in [-0.39, 0.29) is 17.4 Å². The number of aliphatic hydroxyl groups excluding tert-OH is 1. The molecule has 0 bridgehead atoms. The lowest BCUT2D eigenvalue weighted by Gasteiger charge is -2.50. The first-order chi connectivity index (χ1) is 5.27. The van der Waals surface area contributed by atoms with Crippen molar-refractivity contribution in [2.45, 2.75) is 52.2 Å². The Kier molecular flexibility index (Phi) is 2.26. The van der Waals surface area contributed by atoms with Gasteiger partial charge in [0.15, 0.2) is 0 Å². The molecule has 2 heteroatoms. The summed E-state index contributed by atoms with van der Waals surface area (Å²) >= 11 is 0. The molecule has 1 rings (SSSR count). The lowest BCUT2D eigenvalue weighted by Crippen LogP contribution is -2.53. The lowest BCUT2D eigenvalue weighted by atomic mass is 9.61. The summed E-state index contributed by atoms with van der Waals surface area (Å²) in [4.78, 5) is 0. The number of hydrogen-bond donors (Lipinski definition) is 2. The van der Waals surface area contributed by atoms with Gasteiger partial charge in [-0.05, 0) is 31.1 Å². The third kappa shape index (κ3) is 1.38. The molecule has 0 aliphatic heterocycles. The van der Waals surface area contributed by atoms with E-state index in [0.29, 0.717) is 6.42 Å². The van der Waals surface area contributed by atoms with Crippen LogP contribution in [0.15, 0.2) is 0 Å². The van der Waals surface area contributed by atoms with Gasteiger partial charge in [-0.3, -0.25) is 0 Å². The van der Waals surface area contributed by atoms with Crippen LogP contribution in [0, 0.1) is 11.3 Å². The average Bonchev–Trinajstić information content (AvgIpc) is 1.82. The van der Waals surface area contributed by atoms with E-state index in [0.717, 1.165) is 6.42 Å². The minimum atomic E-state index is -0.647. The van der Waals surface area contributed by atoms with Crippen LogP contribution in [0.2, 0.25) is 0 Å². The summed E-state index contributed by atoms with van der Waals surface area (Å²) in [5.74, 6) is 0.177. The van der Waals surface area contributed by atoms with E-state index in [9.17, 15) is 10.2 Å². The molecule has 2 N–H and O–H groups in total. The molecular weight excluding hydrogens is 152 g/mol. The van der Waals surface area contributed by atoms with Crippen molar-refractivity contribution in [1.29, 1.82) is 0 Å². The lowest BCUT2D eigenvalue weighted by molar-refractivity contribution is -0.147. The molecule has 0 heterocycles. The Labute approximate surface area is 74.6 Å². The van der Waals surface area contributed by atoms with Crippen LogP contribution in [0.4, 0.5) is 0 Å². The largest absolute Gasteiger partial charge is 0.393 e. The maximum atomic E-state index is 10.2. The minimum Gasteiger partial charge on any atom is -0.393 e. The van der Waals surface area contributed by atoms with E-state index in [4.69, 9.17) is 0 Å². The maximum absolute atomic E-state index is 10.2. The fourth-order valence-electron chi connectivity index (χ4n) is 2.18. The van der Waals surface area contributed by atoms with Gasteiger partial charge in [-0.1, -0.05) is 20.8 Å². The van der Waals surface area contributed by atoms with Crippen molar-refractivity contribution in [1.82, 2.24) is 0 Å². The van der Waals surface area contributed by atoms with E-state index >= 15 is 0 Å². The fourth-order valence-corrected chi connectivity index (χ4v) is 2.18. The highest BCUT2D eigenvalue weighted by molar-refractivity contribution is 4.99. The molecule has 0 saturated heterocycles. The summed E-state index contributed by atoms with van der Waals surface area (Å²) in [6.45, 7) is 7.92. The van der Waals surface area contributed by atoms with Crippen LogP contribution in [0.1, 0.15) is 40.5 Å². The third-order valence-corrected chi connectivity index (χ3v) is 3.70. The number of hydrogen-bond acceptors (Lipinski definition) is 2. The Morgan fingerprint density at radius 2 is 1.75 bits per heavy atom. The quantitative estimate of drug-likeness (QED) is 0.582. The van der Waals surface area contributed by atoms with Crippen LogP contribution in [0.25, 0.3) is 0 Å². The second-order valence-corrected chi connectivity index (χ2v) is 5.03. The van der Waals surface area contributed by atoms with Crippen LogP contribution >= 0.6 is 0 Å². The summed E-state index contributed by atoms with van der Waals surface area (Å²) in [6, 6.07) is 0. The van der Waals surface area contributed by atoms with Crippen molar-refractivity contribution < 1.29 is 10.2 Å². The molecule has 1 aliphatic carbocycles. The maximum Gasteiger partial charge on any atom is 0.0697 e. The van der Waals surface area contributed by atoms with Gasteiger partial charge in [0, 0.05) is 0 Å². The number of aliphatic hydroxyl groups is 2. The second kappa shape index (κ2) is 2.71. The molecule has 12 heavy (non-hydrogen) atoms. The molecular formula is C10H20O2. The molecule has 1 saturated carbocycles. The first-order valence-corrected chi connectivity index (χ1v) is 4.68. The smallest absolute Gasteiger partial charge is 0.0697 e. The molecule has 0 spiro atoms. The number of rotatable bonds is 0. The Hall–Kier alpha value is -0.0800. The SMILES string of the molecule is C[C@H]1C[C@H](O)CC(C)(C)[C@]1(C)O. The van der Waals surface area contributed by atoms with Gasteiger partial charge in [-0.25, -0.2) is 0 Å². The molecule has 1 aliphatic rings. The summed E-state index contributed by atoms with van der Waals surface area (Å²) < 4.78 is 0. The minimum absolute atomic E-state index is 0.177. The van der Waals surface area contributed by atoms with Gasteiger partial charge in [-0.15, -0.1) is 0 Å². The van der Waals surface area contributed by atoms with Gasteiger partial charge in [0.2, 0.25) is 0 Å². The predicted octanol–water partition coefficient (Wildman–Crippen LogP) is 1.55. The molecule has 0 aromatic heterocycles. The van der Waals surface area contributed by atoms with Gasteiger partial charge < -0.3 is 10.2 Å². The van der Waals surface area contributed by atoms with Crippen LogP contribution in [0.3, 0.4) is 0 Å². The van der Waals surface area contributed by atoms with Crippen molar-refractivity contribution in [3.8, 4) is 0 Å². The average molecular weight is 172 g/mol. The zero-order valence-electron chi connectivity index (χ0n) is 8.46. The molecule has 0 radical (unpaired) electrons. The normalized spacial score (nSPS) is 47.5. The van der Waals surface area contributed by atoms with Crippen molar-refractivity contribution >= 4 is 0 Å². The first kappa shape index (κ1) is 10.0. The molecule has 72 valence electrons. The second-order valence-electron chi connectivity index (χ2n) is 5.03. The van der Waals surface area contributed by atoms with Gasteiger partial charge in [0.05, 0.1) is 11.7 Å². The molecule has 1 fully saturated rings. The topological polar surface area (TPSA) is 40.5 Å². The first-order valence-electron chi connectivity index (χ1n) is 4.68. The summed E-state index contributed by atoms with van der Waals surface area (Å²) in [7, 11) is 0. The van der Waals surface area contributed by atoms with Gasteiger partial charge in [-0.2, -0.15) is 0 Å². The summed E-state index contributed by atoms with van der Waals surface area (Å²) in [5, 5.41) is 19.7. The highest BCUT2D eigenvalue weighted by Crippen LogP contribution is 2.46. The van der Waals surface area contributed by atoms with E-state index < -0.39 is 5.60 Å². The third-order valence-electron chi connectivity index (χ3n) is 3.70. The molecule has 3 atom stereocenters. The Morgan fingerprint density at radius 3 is 2.17 bits per heavy atom. The van der Waals surface area contributed by atoms with E-state index in [1.165, 1.54) is 0 Å². The molecule has 0 aromatic carbocycles. The van der Waals surface area contributed by atoms with Crippen LogP contribution in [0.5, 0.6) is 0 Å². The Balaban J connectivity index is 2.86. The Bertz CT molecular complexity index is 173. The zero-order chi connectivity index (χ0) is 9.57. The summed E-state index contributed by atoms with van der Waals surface area (Å²) in [5.41, 5.74) is -0.823. The standard InChI is InChI=1S/C10H20O2/c1-7-5-8(11)6-9(2,3)10(7,4)12/h7-8,11-12H,5-6H2,1-4H3/t7-,8-,10+/m0/s1. The van der Waals surface area contributed by atoms with Crippen molar-refractivity contribution in [3.05, 3.63) is 0 Å². The van der Waals surface area contributed by atoms with Gasteiger partial charge in [0.25, 0.3) is 0 Å². The summed E-state index contributed by atoms with van der Waals surface area (Å²) in [6.07, 6.45) is 1.18. The fraction of sp³-hybridized carbons (Fsp3) is 1.00. The van der Waals surface area contributed by atoms with Crippen LogP contribution < -0.4 is 0 Å². The molecule has 2 nitrogen and oxygen atoms in total. The van der Waals surface area contributed by atoms with Crippen molar-refractivity contribution in [2.75, 3.05) is 0 Å². The Morgan fingerprint density at radius 1 is 1.25 bits per heavy atom. The van der Waals surface area contributed by atoms with Crippen molar-refractivity contribution in [3.63, 3.8) is 0 Å². The van der Waals surface area contributed by atoms with Gasteiger partial charge >= 0.3 is 0 Å². The van der Waals surface area contributed by atoms with Crippen LogP contribution in [-0.2, 0) is 0 Å².